The van der Waals surface area contributed by atoms with Crippen LogP contribution < -0.4 is 5.11 Å². The van der Waals surface area contributed by atoms with Gasteiger partial charge in [-0.1, -0.05) is 35.9 Å². The van der Waals surface area contributed by atoms with Gasteiger partial charge in [-0.3, -0.25) is 10.1 Å². The van der Waals surface area contributed by atoms with Gasteiger partial charge in [-0.2, -0.15) is 14.9 Å². The summed E-state index contributed by atoms with van der Waals surface area (Å²) in [5, 5.41) is 33.7. The molecule has 1 N–H and O–H groups in total. The predicted octanol–water partition coefficient (Wildman–Crippen LogP) is 3.13. The predicted molar refractivity (Wildman–Crippen MR) is 93.4 cm³/mol. The fourth-order valence-corrected chi connectivity index (χ4v) is 2.50. The number of benzene rings is 2. The molecule has 0 saturated heterocycles. The van der Waals surface area contributed by atoms with E-state index in [4.69, 9.17) is 23.8 Å². The molecule has 0 spiro atoms. The van der Waals surface area contributed by atoms with Gasteiger partial charge in [-0.05, 0) is 30.1 Å². The van der Waals surface area contributed by atoms with Gasteiger partial charge in [0.1, 0.15) is 0 Å². The molecule has 8 nitrogen and oxygen atoms in total. The highest BCUT2D eigenvalue weighted by atomic mass is 35.5. The summed E-state index contributed by atoms with van der Waals surface area (Å²) in [6.07, 6.45) is 1.35. The molecular formula is C15H9ClN5O3S-. The molecule has 0 unspecified atom stereocenters. The molecule has 0 bridgehead atoms. The summed E-state index contributed by atoms with van der Waals surface area (Å²) in [5.41, 5.74) is 0.472. The molecule has 3 aromatic rings. The van der Waals surface area contributed by atoms with Crippen molar-refractivity contribution in [2.75, 3.05) is 0 Å². The Morgan fingerprint density at radius 2 is 2.08 bits per heavy atom. The molecule has 10 heteroatoms. The second kappa shape index (κ2) is 6.83. The molecular weight excluding hydrogens is 366 g/mol. The molecule has 0 radical (unpaired) electrons. The van der Waals surface area contributed by atoms with Crippen molar-refractivity contribution in [1.29, 1.82) is 0 Å². The maximum absolute atomic E-state index is 11.4. The Kier molecular flexibility index (Phi) is 4.59. The van der Waals surface area contributed by atoms with Crippen molar-refractivity contribution in [2.45, 2.75) is 0 Å². The Balaban J connectivity index is 2.02. The average Bonchev–Trinajstić information content (AvgIpc) is 2.95. The highest BCUT2D eigenvalue weighted by molar-refractivity contribution is 7.71. The molecule has 0 amide bonds. The highest BCUT2D eigenvalue weighted by Crippen LogP contribution is 2.26. The number of aromatic nitrogens is 3. The van der Waals surface area contributed by atoms with E-state index in [1.165, 1.54) is 17.0 Å². The lowest BCUT2D eigenvalue weighted by Gasteiger charge is -2.06. The zero-order chi connectivity index (χ0) is 18.0. The van der Waals surface area contributed by atoms with Crippen LogP contribution in [0.1, 0.15) is 5.56 Å². The van der Waals surface area contributed by atoms with E-state index in [0.717, 1.165) is 12.1 Å². The van der Waals surface area contributed by atoms with Crippen LogP contribution in [0.5, 0.6) is 5.75 Å². The maximum Gasteiger partial charge on any atom is 0.262 e. The van der Waals surface area contributed by atoms with Crippen LogP contribution in [0.2, 0.25) is 5.02 Å². The van der Waals surface area contributed by atoms with Crippen molar-refractivity contribution in [3.05, 3.63) is 67.9 Å². The van der Waals surface area contributed by atoms with Crippen LogP contribution in [0.25, 0.3) is 11.4 Å². The number of nitro benzene ring substituents is 1. The van der Waals surface area contributed by atoms with Crippen molar-refractivity contribution in [1.82, 2.24) is 14.9 Å². The van der Waals surface area contributed by atoms with E-state index < -0.39 is 16.4 Å². The number of hydrogen-bond donors (Lipinski definition) is 1. The normalized spacial score (nSPS) is 11.1. The van der Waals surface area contributed by atoms with Gasteiger partial charge in [-0.25, -0.2) is 5.10 Å². The largest absolute Gasteiger partial charge is 0.868 e. The Labute approximate surface area is 151 Å². The Morgan fingerprint density at radius 3 is 2.80 bits per heavy atom. The van der Waals surface area contributed by atoms with Crippen molar-refractivity contribution < 1.29 is 10.0 Å². The standard InChI is InChI=1S/C15H10ClN5O3S/c16-11-4-2-1-3-10(11)14-18-19-15(25)20(14)17-8-9-5-6-13(22)12(7-9)21(23)24/h1-8,22H,(H,19,25)/p-1/b17-8-. The molecule has 0 aliphatic heterocycles. The van der Waals surface area contributed by atoms with E-state index in [1.807, 2.05) is 0 Å². The molecule has 0 aliphatic carbocycles. The number of rotatable bonds is 4. The smallest absolute Gasteiger partial charge is 0.262 e. The van der Waals surface area contributed by atoms with Gasteiger partial charge >= 0.3 is 0 Å². The monoisotopic (exact) mass is 374 g/mol. The second-order valence-corrected chi connectivity index (χ2v) is 5.67. The molecule has 3 rings (SSSR count). The fourth-order valence-electron chi connectivity index (χ4n) is 2.10. The molecule has 126 valence electrons. The third kappa shape index (κ3) is 3.42. The van der Waals surface area contributed by atoms with Crippen molar-refractivity contribution in [3.8, 4) is 17.1 Å². The van der Waals surface area contributed by atoms with Gasteiger partial charge in [-0.15, -0.1) is 0 Å². The van der Waals surface area contributed by atoms with Crippen LogP contribution >= 0.6 is 23.8 Å². The lowest BCUT2D eigenvalue weighted by molar-refractivity contribution is -0.398. The number of nitrogens with zero attached hydrogens (tertiary/aromatic N) is 4. The van der Waals surface area contributed by atoms with Crippen molar-refractivity contribution in [2.24, 2.45) is 5.10 Å². The average molecular weight is 375 g/mol. The fraction of sp³-hybridized carbons (Fsp3) is 0. The van der Waals surface area contributed by atoms with E-state index in [1.54, 1.807) is 24.3 Å². The van der Waals surface area contributed by atoms with E-state index in [-0.39, 0.29) is 4.77 Å². The highest BCUT2D eigenvalue weighted by Gasteiger charge is 2.11. The zero-order valence-corrected chi connectivity index (χ0v) is 14.0. The van der Waals surface area contributed by atoms with Gasteiger partial charge in [0, 0.05) is 17.2 Å². The first kappa shape index (κ1) is 16.8. The lowest BCUT2D eigenvalue weighted by Crippen LogP contribution is -1.99. The Hall–Kier alpha value is -3.04. The molecule has 2 aromatic carbocycles. The number of aromatic amines is 1. The number of nitrogens with one attached hydrogen (secondary N) is 1. The van der Waals surface area contributed by atoms with Crippen LogP contribution in [-0.4, -0.2) is 26.0 Å². The van der Waals surface area contributed by atoms with Gasteiger partial charge in [0.15, 0.2) is 5.82 Å². The van der Waals surface area contributed by atoms with Gasteiger partial charge < -0.3 is 5.11 Å². The van der Waals surface area contributed by atoms with Crippen LogP contribution in [0, 0.1) is 14.9 Å². The first-order valence-corrected chi connectivity index (χ1v) is 7.68. The summed E-state index contributed by atoms with van der Waals surface area (Å²) in [5.74, 6) is -0.277. The van der Waals surface area contributed by atoms with Crippen LogP contribution in [0.3, 0.4) is 0 Å². The van der Waals surface area contributed by atoms with E-state index in [2.05, 4.69) is 15.3 Å². The summed E-state index contributed by atoms with van der Waals surface area (Å²) >= 11 is 11.3. The Bertz CT molecular complexity index is 1040. The summed E-state index contributed by atoms with van der Waals surface area (Å²) in [6, 6.07) is 10.7. The van der Waals surface area contributed by atoms with Crippen molar-refractivity contribution in [3.63, 3.8) is 0 Å². The topological polar surface area (TPSA) is 112 Å². The minimum Gasteiger partial charge on any atom is -0.868 e. The quantitative estimate of drug-likeness (QED) is 0.326. The lowest BCUT2D eigenvalue weighted by atomic mass is 10.2. The second-order valence-electron chi connectivity index (χ2n) is 4.87. The van der Waals surface area contributed by atoms with Crippen molar-refractivity contribution >= 4 is 35.7 Å². The van der Waals surface area contributed by atoms with Gasteiger partial charge in [0.25, 0.3) is 5.69 Å². The minimum atomic E-state index is -0.738. The van der Waals surface area contributed by atoms with E-state index in [0.29, 0.717) is 22.0 Å². The molecule has 25 heavy (non-hydrogen) atoms. The molecule has 1 aromatic heterocycles. The maximum atomic E-state index is 11.4. The van der Waals surface area contributed by atoms with Crippen LogP contribution in [-0.2, 0) is 0 Å². The van der Waals surface area contributed by atoms with Crippen LogP contribution in [0.15, 0.2) is 47.6 Å². The SMILES string of the molecule is O=[N+]([O-])c1cc(/C=N\n2c(-c3ccccc3Cl)n[nH]c2=S)ccc1[O-]. The molecule has 0 saturated carbocycles. The minimum absolute atomic E-state index is 0.223. The third-order valence-corrected chi connectivity index (χ3v) is 3.86. The molecule has 0 aliphatic rings. The number of hydrogen-bond acceptors (Lipinski definition) is 6. The zero-order valence-electron chi connectivity index (χ0n) is 12.4. The van der Waals surface area contributed by atoms with E-state index in [9.17, 15) is 15.2 Å². The summed E-state index contributed by atoms with van der Waals surface area (Å²) < 4.78 is 1.56. The first-order valence-electron chi connectivity index (χ1n) is 6.89. The van der Waals surface area contributed by atoms with E-state index >= 15 is 0 Å². The number of nitro groups is 1. The Morgan fingerprint density at radius 1 is 1.32 bits per heavy atom. The molecule has 0 fully saturated rings. The summed E-state index contributed by atoms with van der Waals surface area (Å²) in [6.45, 7) is 0. The summed E-state index contributed by atoms with van der Waals surface area (Å²) in [4.78, 5) is 10.1. The number of H-pyrrole nitrogens is 1. The third-order valence-electron chi connectivity index (χ3n) is 3.27. The van der Waals surface area contributed by atoms with Gasteiger partial charge in [0.05, 0.1) is 16.2 Å². The first-order chi connectivity index (χ1) is 12.0. The number of halogens is 1. The van der Waals surface area contributed by atoms with Gasteiger partial charge in [0.2, 0.25) is 4.77 Å². The molecule has 1 heterocycles. The summed E-state index contributed by atoms with van der Waals surface area (Å²) in [7, 11) is 0. The molecule has 0 atom stereocenters. The van der Waals surface area contributed by atoms with Crippen LogP contribution in [0.4, 0.5) is 5.69 Å².